The van der Waals surface area contributed by atoms with Crippen LogP contribution in [-0.4, -0.2) is 43.2 Å². The molecule has 136 valence electrons. The molecule has 5 nitrogen and oxygen atoms in total. The average Bonchev–Trinajstić information content (AvgIpc) is 3.01. The number of rotatable bonds is 4. The quantitative estimate of drug-likeness (QED) is 0.886. The van der Waals surface area contributed by atoms with Crippen molar-refractivity contribution in [3.8, 4) is 11.1 Å². The number of alkyl carbamates (subject to hydrolysis) is 1. The highest BCUT2D eigenvalue weighted by atomic mass is 16.5. The monoisotopic (exact) mass is 353 g/mol. The molecule has 0 spiro atoms. The molecular formula is C21H23NO4. The molecule has 0 saturated carbocycles. The van der Waals surface area contributed by atoms with Gasteiger partial charge < -0.3 is 19.9 Å². The summed E-state index contributed by atoms with van der Waals surface area (Å²) in [6.45, 7) is 1.23. The number of benzene rings is 2. The van der Waals surface area contributed by atoms with Crippen molar-refractivity contribution >= 4 is 6.09 Å². The van der Waals surface area contributed by atoms with Crippen LogP contribution < -0.4 is 5.32 Å². The topological polar surface area (TPSA) is 67.8 Å². The Morgan fingerprint density at radius 2 is 1.65 bits per heavy atom. The second-order valence-electron chi connectivity index (χ2n) is 7.00. The van der Waals surface area contributed by atoms with Crippen molar-refractivity contribution < 1.29 is 19.4 Å². The number of aliphatic hydroxyl groups is 1. The van der Waals surface area contributed by atoms with Gasteiger partial charge >= 0.3 is 6.09 Å². The molecule has 1 aliphatic heterocycles. The first-order chi connectivity index (χ1) is 12.7. The zero-order valence-corrected chi connectivity index (χ0v) is 14.6. The molecule has 2 aliphatic rings. The normalized spacial score (nSPS) is 18.0. The number of aliphatic hydroxyl groups excluding tert-OH is 1. The Balaban J connectivity index is 1.47. The van der Waals surface area contributed by atoms with Crippen LogP contribution in [0.3, 0.4) is 0 Å². The fraction of sp³-hybridized carbons (Fsp3) is 0.381. The van der Waals surface area contributed by atoms with Crippen molar-refractivity contribution in [2.75, 3.05) is 26.4 Å². The van der Waals surface area contributed by atoms with Gasteiger partial charge in [-0.25, -0.2) is 4.79 Å². The molecule has 0 bridgehead atoms. The molecule has 0 radical (unpaired) electrons. The number of hydrogen-bond acceptors (Lipinski definition) is 4. The van der Waals surface area contributed by atoms with E-state index < -0.39 is 11.6 Å². The van der Waals surface area contributed by atoms with E-state index in [2.05, 4.69) is 29.6 Å². The molecule has 0 aromatic heterocycles. The fourth-order valence-corrected chi connectivity index (χ4v) is 3.94. The van der Waals surface area contributed by atoms with Crippen LogP contribution >= 0.6 is 0 Å². The first kappa shape index (κ1) is 17.1. The van der Waals surface area contributed by atoms with Gasteiger partial charge in [-0.05, 0) is 35.1 Å². The van der Waals surface area contributed by atoms with E-state index in [4.69, 9.17) is 9.47 Å². The molecule has 1 fully saturated rings. The lowest BCUT2D eigenvalue weighted by Crippen LogP contribution is -2.54. The zero-order chi connectivity index (χ0) is 18.0. The van der Waals surface area contributed by atoms with Gasteiger partial charge in [0.25, 0.3) is 0 Å². The number of carbonyl (C=O) groups excluding carboxylic acids is 1. The van der Waals surface area contributed by atoms with Gasteiger partial charge in [0.1, 0.15) is 6.61 Å². The summed E-state index contributed by atoms with van der Waals surface area (Å²) in [6.07, 6.45) is 0.698. The number of fused-ring (bicyclic) bond motifs is 3. The van der Waals surface area contributed by atoms with Crippen LogP contribution in [0.5, 0.6) is 0 Å². The molecule has 0 unspecified atom stereocenters. The van der Waals surface area contributed by atoms with Gasteiger partial charge in [0, 0.05) is 19.1 Å². The Morgan fingerprint density at radius 3 is 2.23 bits per heavy atom. The summed E-state index contributed by atoms with van der Waals surface area (Å²) in [6, 6.07) is 16.5. The first-order valence-electron chi connectivity index (χ1n) is 9.04. The summed E-state index contributed by atoms with van der Waals surface area (Å²) in [5, 5.41) is 12.6. The third-order valence-electron chi connectivity index (χ3n) is 5.46. The van der Waals surface area contributed by atoms with E-state index in [-0.39, 0.29) is 19.1 Å². The SMILES string of the molecule is O=C(NC1(CO)CCOCC1)OCC1c2ccccc2-c2ccccc21. The molecule has 1 amide bonds. The predicted molar refractivity (Wildman–Crippen MR) is 98.1 cm³/mol. The standard InChI is InChI=1S/C21H23NO4/c23-14-21(9-11-25-12-10-21)22-20(24)26-13-19-17-7-3-1-5-15(17)16-6-2-4-8-18(16)19/h1-8,19,23H,9-14H2,(H,22,24). The van der Waals surface area contributed by atoms with E-state index in [1.807, 2.05) is 24.3 Å². The highest BCUT2D eigenvalue weighted by molar-refractivity contribution is 5.79. The van der Waals surface area contributed by atoms with E-state index in [1.54, 1.807) is 0 Å². The number of carbonyl (C=O) groups is 1. The molecule has 1 heterocycles. The molecule has 2 N–H and O–H groups in total. The Kier molecular flexibility index (Phi) is 4.66. The Hall–Kier alpha value is -2.37. The largest absolute Gasteiger partial charge is 0.449 e. The second-order valence-corrected chi connectivity index (χ2v) is 7.00. The van der Waals surface area contributed by atoms with Gasteiger partial charge in [-0.15, -0.1) is 0 Å². The van der Waals surface area contributed by atoms with Crippen molar-refractivity contribution in [1.29, 1.82) is 0 Å². The number of ether oxygens (including phenoxy) is 2. The van der Waals surface area contributed by atoms with E-state index >= 15 is 0 Å². The molecule has 0 atom stereocenters. The fourth-order valence-electron chi connectivity index (χ4n) is 3.94. The van der Waals surface area contributed by atoms with Crippen molar-refractivity contribution in [2.45, 2.75) is 24.3 Å². The van der Waals surface area contributed by atoms with Crippen LogP contribution in [0.15, 0.2) is 48.5 Å². The lowest BCUT2D eigenvalue weighted by Gasteiger charge is -2.35. The smallest absolute Gasteiger partial charge is 0.407 e. The summed E-state index contributed by atoms with van der Waals surface area (Å²) in [7, 11) is 0. The van der Waals surface area contributed by atoms with Gasteiger partial charge in [0.05, 0.1) is 12.1 Å². The van der Waals surface area contributed by atoms with Crippen LogP contribution in [0.25, 0.3) is 11.1 Å². The van der Waals surface area contributed by atoms with Gasteiger partial charge in [0.15, 0.2) is 0 Å². The lowest BCUT2D eigenvalue weighted by atomic mass is 9.91. The van der Waals surface area contributed by atoms with Crippen LogP contribution in [0, 0.1) is 0 Å². The predicted octanol–water partition coefficient (Wildman–Crippen LogP) is 3.07. The van der Waals surface area contributed by atoms with Crippen molar-refractivity contribution in [3.63, 3.8) is 0 Å². The zero-order valence-electron chi connectivity index (χ0n) is 14.6. The maximum absolute atomic E-state index is 12.4. The summed E-state index contributed by atoms with van der Waals surface area (Å²) in [5.41, 5.74) is 4.14. The van der Waals surface area contributed by atoms with Gasteiger partial charge in [0.2, 0.25) is 0 Å². The highest BCUT2D eigenvalue weighted by Gasteiger charge is 2.35. The van der Waals surface area contributed by atoms with Gasteiger partial charge in [-0.2, -0.15) is 0 Å². The third kappa shape index (κ3) is 3.08. The minimum absolute atomic E-state index is 0.0351. The van der Waals surface area contributed by atoms with Gasteiger partial charge in [-0.3, -0.25) is 0 Å². The Bertz CT molecular complexity index is 753. The Morgan fingerprint density at radius 1 is 1.08 bits per heavy atom. The summed E-state index contributed by atoms with van der Waals surface area (Å²) < 4.78 is 10.9. The first-order valence-corrected chi connectivity index (χ1v) is 9.04. The number of amides is 1. The lowest BCUT2D eigenvalue weighted by molar-refractivity contribution is 0.0106. The number of nitrogens with one attached hydrogen (secondary N) is 1. The van der Waals surface area contributed by atoms with Crippen LogP contribution in [0.2, 0.25) is 0 Å². The minimum Gasteiger partial charge on any atom is -0.449 e. The Labute approximate surface area is 152 Å². The molecular weight excluding hydrogens is 330 g/mol. The molecule has 1 aliphatic carbocycles. The average molecular weight is 353 g/mol. The molecule has 2 aromatic rings. The van der Waals surface area contributed by atoms with E-state index in [0.717, 1.165) is 0 Å². The van der Waals surface area contributed by atoms with E-state index in [0.29, 0.717) is 26.1 Å². The van der Waals surface area contributed by atoms with E-state index in [9.17, 15) is 9.90 Å². The molecule has 5 heteroatoms. The molecule has 2 aromatic carbocycles. The maximum atomic E-state index is 12.4. The van der Waals surface area contributed by atoms with E-state index in [1.165, 1.54) is 22.3 Å². The van der Waals surface area contributed by atoms with Crippen LogP contribution in [0.1, 0.15) is 29.9 Å². The van der Waals surface area contributed by atoms with Crippen molar-refractivity contribution in [1.82, 2.24) is 5.32 Å². The third-order valence-corrected chi connectivity index (χ3v) is 5.46. The van der Waals surface area contributed by atoms with Crippen LogP contribution in [0.4, 0.5) is 4.79 Å². The van der Waals surface area contributed by atoms with Crippen LogP contribution in [-0.2, 0) is 9.47 Å². The summed E-state index contributed by atoms with van der Waals surface area (Å²) in [4.78, 5) is 12.4. The molecule has 4 rings (SSSR count). The summed E-state index contributed by atoms with van der Waals surface area (Å²) >= 11 is 0. The summed E-state index contributed by atoms with van der Waals surface area (Å²) in [5.74, 6) is 0.0351. The van der Waals surface area contributed by atoms with Crippen molar-refractivity contribution in [2.24, 2.45) is 0 Å². The maximum Gasteiger partial charge on any atom is 0.407 e. The minimum atomic E-state index is -0.638. The molecule has 1 saturated heterocycles. The molecule has 26 heavy (non-hydrogen) atoms. The highest BCUT2D eigenvalue weighted by Crippen LogP contribution is 2.44. The van der Waals surface area contributed by atoms with Gasteiger partial charge in [-0.1, -0.05) is 48.5 Å². The van der Waals surface area contributed by atoms with Crippen molar-refractivity contribution in [3.05, 3.63) is 59.7 Å². The second kappa shape index (κ2) is 7.09. The number of hydrogen-bond donors (Lipinski definition) is 2.